The van der Waals surface area contributed by atoms with Gasteiger partial charge in [0.15, 0.2) is 11.5 Å². The van der Waals surface area contributed by atoms with Crippen LogP contribution in [-0.4, -0.2) is 46.2 Å². The number of hydrogen-bond acceptors (Lipinski definition) is 7. The second-order valence-corrected chi connectivity index (χ2v) is 8.01. The number of tetrazole rings is 1. The molecule has 0 aliphatic carbocycles. The Labute approximate surface area is 186 Å². The van der Waals surface area contributed by atoms with Crippen LogP contribution in [0.25, 0.3) is 5.69 Å². The van der Waals surface area contributed by atoms with Crippen molar-refractivity contribution in [1.29, 1.82) is 0 Å². The molecule has 7 nitrogen and oxygen atoms in total. The van der Waals surface area contributed by atoms with Gasteiger partial charge in [0.25, 0.3) is 0 Å². The topological polar surface area (TPSA) is 74.1 Å². The molecule has 0 aliphatic heterocycles. The number of nitrogens with zero attached hydrogens (tertiary/aromatic N) is 4. The number of methoxy groups -OCH3 is 1. The first-order valence-electron chi connectivity index (χ1n) is 9.89. The number of benzene rings is 2. The van der Waals surface area contributed by atoms with Crippen molar-refractivity contribution in [2.75, 3.05) is 26.0 Å². The van der Waals surface area contributed by atoms with Gasteiger partial charge in [0.05, 0.1) is 24.4 Å². The molecule has 0 amide bonds. The molecule has 0 radical (unpaired) electrons. The highest BCUT2D eigenvalue weighted by Crippen LogP contribution is 2.36. The second kappa shape index (κ2) is 11.8. The van der Waals surface area contributed by atoms with Gasteiger partial charge in [-0.1, -0.05) is 48.5 Å². The van der Waals surface area contributed by atoms with Gasteiger partial charge in [-0.3, -0.25) is 0 Å². The zero-order chi connectivity index (χ0) is 21.2. The highest BCUT2D eigenvalue weighted by molar-refractivity contribution is 7.99. The smallest absolute Gasteiger partial charge is 0.214 e. The molecule has 1 N–H and O–H groups in total. The van der Waals surface area contributed by atoms with Gasteiger partial charge in [0.2, 0.25) is 5.16 Å². The number of hydrogen-bond donors (Lipinski definition) is 1. The fourth-order valence-corrected chi connectivity index (χ4v) is 3.93. The molecule has 0 spiro atoms. The predicted octanol–water partition coefficient (Wildman–Crippen LogP) is 4.39. The summed E-state index contributed by atoms with van der Waals surface area (Å²) in [4.78, 5) is 0. The van der Waals surface area contributed by atoms with Crippen LogP contribution in [0.5, 0.6) is 11.5 Å². The highest BCUT2D eigenvalue weighted by atomic mass is 35.5. The highest BCUT2D eigenvalue weighted by Gasteiger charge is 2.12. The molecule has 3 rings (SSSR count). The zero-order valence-corrected chi connectivity index (χ0v) is 18.7. The van der Waals surface area contributed by atoms with Crippen LogP contribution in [0.2, 0.25) is 5.02 Å². The Morgan fingerprint density at radius 2 is 2.03 bits per heavy atom. The largest absolute Gasteiger partial charge is 0.493 e. The number of para-hydroxylation sites is 1. The third-order valence-electron chi connectivity index (χ3n) is 4.24. The first-order chi connectivity index (χ1) is 14.7. The average Bonchev–Trinajstić information content (AvgIpc) is 3.24. The van der Waals surface area contributed by atoms with Crippen LogP contribution < -0.4 is 14.8 Å². The van der Waals surface area contributed by atoms with E-state index in [0.29, 0.717) is 29.7 Å². The van der Waals surface area contributed by atoms with E-state index in [-0.39, 0.29) is 0 Å². The molecule has 1 aromatic heterocycles. The quantitative estimate of drug-likeness (QED) is 0.326. The Hall–Kier alpha value is -2.29. The fourth-order valence-electron chi connectivity index (χ4n) is 2.81. The lowest BCUT2D eigenvalue weighted by molar-refractivity contribution is 0.294. The summed E-state index contributed by atoms with van der Waals surface area (Å²) in [6.45, 7) is 4.24. The van der Waals surface area contributed by atoms with E-state index in [4.69, 9.17) is 21.1 Å². The Balaban J connectivity index is 1.44. The van der Waals surface area contributed by atoms with E-state index in [2.05, 4.69) is 27.8 Å². The van der Waals surface area contributed by atoms with E-state index in [1.165, 1.54) is 0 Å². The maximum Gasteiger partial charge on any atom is 0.214 e. The van der Waals surface area contributed by atoms with Gasteiger partial charge in [0, 0.05) is 12.3 Å². The molecule has 1 heterocycles. The van der Waals surface area contributed by atoms with E-state index in [0.717, 1.165) is 41.5 Å². The molecule has 2 aromatic carbocycles. The van der Waals surface area contributed by atoms with Crippen molar-refractivity contribution in [3.63, 3.8) is 0 Å². The van der Waals surface area contributed by atoms with E-state index < -0.39 is 0 Å². The van der Waals surface area contributed by atoms with Crippen LogP contribution >= 0.6 is 23.4 Å². The number of aromatic nitrogens is 4. The molecule has 0 aliphatic rings. The van der Waals surface area contributed by atoms with Crippen LogP contribution in [0.3, 0.4) is 0 Å². The van der Waals surface area contributed by atoms with Crippen LogP contribution in [0.1, 0.15) is 25.3 Å². The van der Waals surface area contributed by atoms with Crippen LogP contribution in [0.4, 0.5) is 0 Å². The molecule has 0 fully saturated rings. The zero-order valence-electron chi connectivity index (χ0n) is 17.2. The molecular formula is C21H26ClN5O2S. The fraction of sp³-hybridized carbons (Fsp3) is 0.381. The SMILES string of the molecule is CCCOc1c(Cl)cc(CNCCCSc2nnnn2-c2ccccc2)cc1OC. The predicted molar refractivity (Wildman–Crippen MR) is 120 cm³/mol. The van der Waals surface area contributed by atoms with Crippen molar-refractivity contribution in [3.8, 4) is 17.2 Å². The maximum absolute atomic E-state index is 6.38. The van der Waals surface area contributed by atoms with Gasteiger partial charge in [-0.15, -0.1) is 5.10 Å². The summed E-state index contributed by atoms with van der Waals surface area (Å²) in [6, 6.07) is 13.8. The number of nitrogens with one attached hydrogen (secondary N) is 1. The third-order valence-corrected chi connectivity index (χ3v) is 5.53. The minimum absolute atomic E-state index is 0.572. The lowest BCUT2D eigenvalue weighted by atomic mass is 10.2. The van der Waals surface area contributed by atoms with E-state index in [9.17, 15) is 0 Å². The monoisotopic (exact) mass is 447 g/mol. The van der Waals surface area contributed by atoms with Gasteiger partial charge in [-0.05, 0) is 59.6 Å². The summed E-state index contributed by atoms with van der Waals surface area (Å²) in [7, 11) is 1.63. The lowest BCUT2D eigenvalue weighted by Gasteiger charge is -2.14. The minimum Gasteiger partial charge on any atom is -0.493 e. The number of rotatable bonds is 12. The van der Waals surface area contributed by atoms with Crippen molar-refractivity contribution in [2.45, 2.75) is 31.5 Å². The Morgan fingerprint density at radius 3 is 2.80 bits per heavy atom. The summed E-state index contributed by atoms with van der Waals surface area (Å²) >= 11 is 8.02. The van der Waals surface area contributed by atoms with Crippen LogP contribution in [-0.2, 0) is 6.54 Å². The molecule has 0 saturated carbocycles. The summed E-state index contributed by atoms with van der Waals surface area (Å²) < 4.78 is 12.9. The van der Waals surface area contributed by atoms with Gasteiger partial charge in [-0.2, -0.15) is 4.68 Å². The minimum atomic E-state index is 0.572. The van der Waals surface area contributed by atoms with E-state index >= 15 is 0 Å². The Kier molecular flexibility index (Phi) is 8.80. The summed E-state index contributed by atoms with van der Waals surface area (Å²) in [5.74, 6) is 2.18. The molecule has 0 bridgehead atoms. The average molecular weight is 448 g/mol. The van der Waals surface area contributed by atoms with Crippen molar-refractivity contribution < 1.29 is 9.47 Å². The molecule has 9 heteroatoms. The third kappa shape index (κ3) is 6.10. The molecule has 0 unspecified atom stereocenters. The second-order valence-electron chi connectivity index (χ2n) is 6.55. The van der Waals surface area contributed by atoms with Crippen LogP contribution in [0, 0.1) is 0 Å². The first-order valence-corrected chi connectivity index (χ1v) is 11.3. The molecule has 30 heavy (non-hydrogen) atoms. The first kappa shape index (κ1) is 22.4. The standard InChI is InChI=1S/C21H26ClN5O2S/c1-3-11-29-20-18(22)13-16(14-19(20)28-2)15-23-10-7-12-30-21-24-25-26-27(21)17-8-5-4-6-9-17/h4-6,8-9,13-14,23H,3,7,10-12,15H2,1-2H3. The van der Waals surface area contributed by atoms with E-state index in [1.807, 2.05) is 42.5 Å². The number of halogens is 1. The summed E-state index contributed by atoms with van der Waals surface area (Å²) in [5, 5.41) is 16.8. The lowest BCUT2D eigenvalue weighted by Crippen LogP contribution is -2.15. The molecule has 3 aromatic rings. The summed E-state index contributed by atoms with van der Waals surface area (Å²) in [6.07, 6.45) is 1.90. The summed E-state index contributed by atoms with van der Waals surface area (Å²) in [5.41, 5.74) is 2.02. The molecule has 0 atom stereocenters. The Bertz CT molecular complexity index is 923. The van der Waals surface area contributed by atoms with Gasteiger partial charge in [0.1, 0.15) is 0 Å². The number of thioether (sulfide) groups is 1. The van der Waals surface area contributed by atoms with E-state index in [1.54, 1.807) is 23.6 Å². The number of ether oxygens (including phenoxy) is 2. The van der Waals surface area contributed by atoms with Crippen LogP contribution in [0.15, 0.2) is 47.6 Å². The van der Waals surface area contributed by atoms with Crippen molar-refractivity contribution >= 4 is 23.4 Å². The van der Waals surface area contributed by atoms with Crippen molar-refractivity contribution in [3.05, 3.63) is 53.1 Å². The van der Waals surface area contributed by atoms with Gasteiger partial charge < -0.3 is 14.8 Å². The molecule has 0 saturated heterocycles. The Morgan fingerprint density at radius 1 is 1.20 bits per heavy atom. The normalized spacial score (nSPS) is 10.9. The van der Waals surface area contributed by atoms with Crippen molar-refractivity contribution in [2.24, 2.45) is 0 Å². The molecule has 160 valence electrons. The molecular weight excluding hydrogens is 422 g/mol. The van der Waals surface area contributed by atoms with Gasteiger partial charge in [-0.25, -0.2) is 0 Å². The van der Waals surface area contributed by atoms with Gasteiger partial charge >= 0.3 is 0 Å². The maximum atomic E-state index is 6.38. The van der Waals surface area contributed by atoms with Crippen molar-refractivity contribution in [1.82, 2.24) is 25.5 Å².